The maximum atomic E-state index is 11.1. The fourth-order valence-corrected chi connectivity index (χ4v) is 1.48. The van der Waals surface area contributed by atoms with E-state index in [0.29, 0.717) is 5.58 Å². The van der Waals surface area contributed by atoms with Gasteiger partial charge in [0.1, 0.15) is 5.52 Å². The smallest absolute Gasteiger partial charge is 0.307 e. The van der Waals surface area contributed by atoms with Crippen LogP contribution in [0.5, 0.6) is 0 Å². The van der Waals surface area contributed by atoms with E-state index in [-0.39, 0.29) is 18.4 Å². The third kappa shape index (κ3) is 2.04. The molecule has 0 spiro atoms. The van der Waals surface area contributed by atoms with Crippen LogP contribution in [-0.4, -0.2) is 18.1 Å². The standard InChI is InChI=1S/C11H12N2O3/c1-15-11(14)5-8(12)7-2-3-9-10(4-7)16-6-13-9/h2-4,6,8H,5,12H2,1H3. The van der Waals surface area contributed by atoms with Gasteiger partial charge in [-0.1, -0.05) is 6.07 Å². The van der Waals surface area contributed by atoms with Gasteiger partial charge in [-0.05, 0) is 17.7 Å². The number of esters is 1. The van der Waals surface area contributed by atoms with Crippen LogP contribution in [0.25, 0.3) is 11.1 Å². The van der Waals surface area contributed by atoms with E-state index < -0.39 is 0 Å². The highest BCUT2D eigenvalue weighted by Gasteiger charge is 2.13. The van der Waals surface area contributed by atoms with Gasteiger partial charge in [-0.15, -0.1) is 0 Å². The van der Waals surface area contributed by atoms with E-state index in [2.05, 4.69) is 9.72 Å². The third-order valence-electron chi connectivity index (χ3n) is 2.40. The Morgan fingerprint density at radius 2 is 2.44 bits per heavy atom. The summed E-state index contributed by atoms with van der Waals surface area (Å²) in [6, 6.07) is 5.04. The number of carbonyl (C=O) groups excluding carboxylic acids is 1. The van der Waals surface area contributed by atoms with E-state index in [4.69, 9.17) is 10.2 Å². The summed E-state index contributed by atoms with van der Waals surface area (Å²) in [5.41, 5.74) is 8.13. The molecule has 5 heteroatoms. The molecule has 0 bridgehead atoms. The molecule has 2 aromatic rings. The summed E-state index contributed by atoms with van der Waals surface area (Å²) < 4.78 is 9.72. The minimum Gasteiger partial charge on any atom is -0.469 e. The molecule has 84 valence electrons. The molecular formula is C11H12N2O3. The van der Waals surface area contributed by atoms with E-state index in [9.17, 15) is 4.79 Å². The Kier molecular flexibility index (Phi) is 2.87. The number of hydrogen-bond donors (Lipinski definition) is 1. The molecule has 1 heterocycles. The molecule has 0 aliphatic heterocycles. The summed E-state index contributed by atoms with van der Waals surface area (Å²) in [7, 11) is 1.34. The lowest BCUT2D eigenvalue weighted by Crippen LogP contribution is -2.16. The molecule has 0 saturated carbocycles. The van der Waals surface area contributed by atoms with Gasteiger partial charge in [-0.25, -0.2) is 4.98 Å². The van der Waals surface area contributed by atoms with Gasteiger partial charge in [-0.3, -0.25) is 4.79 Å². The van der Waals surface area contributed by atoms with Gasteiger partial charge >= 0.3 is 5.97 Å². The highest BCUT2D eigenvalue weighted by atomic mass is 16.5. The lowest BCUT2D eigenvalue weighted by Gasteiger charge is -2.09. The largest absolute Gasteiger partial charge is 0.469 e. The molecule has 5 nitrogen and oxygen atoms in total. The van der Waals surface area contributed by atoms with Crippen LogP contribution in [0.3, 0.4) is 0 Å². The Bertz CT molecular complexity index is 507. The normalized spacial score (nSPS) is 12.6. The maximum absolute atomic E-state index is 11.1. The number of nitrogens with two attached hydrogens (primary N) is 1. The lowest BCUT2D eigenvalue weighted by molar-refractivity contribution is -0.141. The molecule has 0 radical (unpaired) electrons. The van der Waals surface area contributed by atoms with Gasteiger partial charge in [0.05, 0.1) is 13.5 Å². The number of methoxy groups -OCH3 is 1. The van der Waals surface area contributed by atoms with Crippen LogP contribution in [0, 0.1) is 0 Å². The van der Waals surface area contributed by atoms with E-state index in [1.807, 2.05) is 12.1 Å². The van der Waals surface area contributed by atoms with Gasteiger partial charge in [0.2, 0.25) is 0 Å². The number of aromatic nitrogens is 1. The zero-order valence-electron chi connectivity index (χ0n) is 8.84. The minimum absolute atomic E-state index is 0.149. The van der Waals surface area contributed by atoms with Crippen molar-refractivity contribution in [3.63, 3.8) is 0 Å². The van der Waals surface area contributed by atoms with Crippen LogP contribution in [0.4, 0.5) is 0 Å². The SMILES string of the molecule is COC(=O)CC(N)c1ccc2ncoc2c1. The quantitative estimate of drug-likeness (QED) is 0.791. The first-order valence-corrected chi connectivity index (χ1v) is 4.86. The van der Waals surface area contributed by atoms with E-state index in [0.717, 1.165) is 11.1 Å². The van der Waals surface area contributed by atoms with Crippen molar-refractivity contribution in [1.29, 1.82) is 0 Å². The third-order valence-corrected chi connectivity index (χ3v) is 2.40. The first-order valence-electron chi connectivity index (χ1n) is 4.86. The Labute approximate surface area is 92.2 Å². The molecule has 1 aromatic heterocycles. The van der Waals surface area contributed by atoms with Crippen molar-refractivity contribution in [2.45, 2.75) is 12.5 Å². The molecular weight excluding hydrogens is 208 g/mol. The van der Waals surface area contributed by atoms with Gasteiger partial charge in [0, 0.05) is 6.04 Å². The number of ether oxygens (including phenoxy) is 1. The predicted molar refractivity (Wildman–Crippen MR) is 57.6 cm³/mol. The molecule has 1 atom stereocenters. The van der Waals surface area contributed by atoms with Crippen molar-refractivity contribution < 1.29 is 13.9 Å². The Balaban J connectivity index is 2.22. The van der Waals surface area contributed by atoms with Crippen molar-refractivity contribution in [2.24, 2.45) is 5.73 Å². The molecule has 2 rings (SSSR count). The van der Waals surface area contributed by atoms with Crippen molar-refractivity contribution in [2.75, 3.05) is 7.11 Å². The molecule has 0 aliphatic rings. The van der Waals surface area contributed by atoms with Crippen LogP contribution >= 0.6 is 0 Å². The van der Waals surface area contributed by atoms with Gasteiger partial charge in [0.15, 0.2) is 12.0 Å². The van der Waals surface area contributed by atoms with E-state index in [1.165, 1.54) is 13.5 Å². The molecule has 2 N–H and O–H groups in total. The summed E-state index contributed by atoms with van der Waals surface area (Å²) in [6.45, 7) is 0. The first kappa shape index (κ1) is 10.6. The van der Waals surface area contributed by atoms with E-state index >= 15 is 0 Å². The molecule has 1 aromatic carbocycles. The minimum atomic E-state index is -0.387. The number of hydrogen-bond acceptors (Lipinski definition) is 5. The number of carbonyl (C=O) groups is 1. The Hall–Kier alpha value is -1.88. The van der Waals surface area contributed by atoms with Crippen LogP contribution in [0.2, 0.25) is 0 Å². The summed E-state index contributed by atoms with van der Waals surface area (Å²) in [5, 5.41) is 0. The number of nitrogens with zero attached hydrogens (tertiary/aromatic N) is 1. The summed E-state index contributed by atoms with van der Waals surface area (Å²) in [6.07, 6.45) is 1.52. The van der Waals surface area contributed by atoms with Gasteiger partial charge < -0.3 is 14.9 Å². The van der Waals surface area contributed by atoms with Crippen LogP contribution < -0.4 is 5.73 Å². The number of rotatable bonds is 3. The topological polar surface area (TPSA) is 78.4 Å². The monoisotopic (exact) mass is 220 g/mol. The maximum Gasteiger partial charge on any atom is 0.307 e. The second-order valence-electron chi connectivity index (χ2n) is 3.47. The average Bonchev–Trinajstić information content (AvgIpc) is 2.75. The second-order valence-corrected chi connectivity index (χ2v) is 3.47. The van der Waals surface area contributed by atoms with Crippen LogP contribution in [-0.2, 0) is 9.53 Å². The predicted octanol–water partition coefficient (Wildman–Crippen LogP) is 1.39. The summed E-state index contributed by atoms with van der Waals surface area (Å²) in [5.74, 6) is -0.329. The van der Waals surface area contributed by atoms with Crippen molar-refractivity contribution in [3.05, 3.63) is 30.2 Å². The fraction of sp³-hybridized carbons (Fsp3) is 0.273. The summed E-state index contributed by atoms with van der Waals surface area (Å²) in [4.78, 5) is 15.1. The fourth-order valence-electron chi connectivity index (χ4n) is 1.48. The molecule has 16 heavy (non-hydrogen) atoms. The Morgan fingerprint density at radius 3 is 3.19 bits per heavy atom. The van der Waals surface area contributed by atoms with Crippen molar-refractivity contribution >= 4 is 17.1 Å². The Morgan fingerprint density at radius 1 is 1.62 bits per heavy atom. The number of fused-ring (bicyclic) bond motifs is 1. The molecule has 0 fully saturated rings. The summed E-state index contributed by atoms with van der Waals surface area (Å²) >= 11 is 0. The average molecular weight is 220 g/mol. The van der Waals surface area contributed by atoms with Crippen molar-refractivity contribution in [1.82, 2.24) is 4.98 Å². The van der Waals surface area contributed by atoms with Crippen molar-refractivity contribution in [3.8, 4) is 0 Å². The van der Waals surface area contributed by atoms with Gasteiger partial charge in [0.25, 0.3) is 0 Å². The zero-order valence-corrected chi connectivity index (χ0v) is 8.84. The molecule has 0 aliphatic carbocycles. The number of benzene rings is 1. The van der Waals surface area contributed by atoms with Gasteiger partial charge in [-0.2, -0.15) is 0 Å². The molecule has 0 amide bonds. The lowest BCUT2D eigenvalue weighted by atomic mass is 10.0. The van der Waals surface area contributed by atoms with Crippen LogP contribution in [0.15, 0.2) is 29.0 Å². The van der Waals surface area contributed by atoms with E-state index in [1.54, 1.807) is 6.07 Å². The first-order chi connectivity index (χ1) is 7.70. The zero-order chi connectivity index (χ0) is 11.5. The molecule has 0 saturated heterocycles. The highest BCUT2D eigenvalue weighted by molar-refractivity contribution is 5.74. The highest BCUT2D eigenvalue weighted by Crippen LogP contribution is 2.20. The molecule has 1 unspecified atom stereocenters. The second kappa shape index (κ2) is 4.32. The van der Waals surface area contributed by atoms with Crippen LogP contribution in [0.1, 0.15) is 18.0 Å². The number of oxazole rings is 1.